The van der Waals surface area contributed by atoms with Gasteiger partial charge in [0.2, 0.25) is 0 Å². The van der Waals surface area contributed by atoms with Gasteiger partial charge in [-0.2, -0.15) is 0 Å². The van der Waals surface area contributed by atoms with Gasteiger partial charge in [0.15, 0.2) is 17.2 Å². The molecule has 0 saturated carbocycles. The molecule has 1 aliphatic heterocycles. The highest BCUT2D eigenvalue weighted by molar-refractivity contribution is 7.15. The van der Waals surface area contributed by atoms with Crippen molar-refractivity contribution in [1.82, 2.24) is 15.3 Å². The summed E-state index contributed by atoms with van der Waals surface area (Å²) in [7, 11) is 0. The molecule has 3 heterocycles. The van der Waals surface area contributed by atoms with Gasteiger partial charge in [-0.15, -0.1) is 11.3 Å². The highest BCUT2D eigenvalue weighted by atomic mass is 32.1. The molecule has 8 heteroatoms. The van der Waals surface area contributed by atoms with E-state index in [-0.39, 0.29) is 17.6 Å². The number of hydrogen-bond acceptors (Lipinski definition) is 6. The van der Waals surface area contributed by atoms with E-state index in [0.29, 0.717) is 28.6 Å². The van der Waals surface area contributed by atoms with Crippen LogP contribution in [0.15, 0.2) is 41.3 Å². The number of thiazole rings is 1. The molecule has 2 aromatic heterocycles. The molecule has 6 nitrogen and oxygen atoms in total. The molecule has 27 heavy (non-hydrogen) atoms. The van der Waals surface area contributed by atoms with Crippen LogP contribution in [0.1, 0.15) is 45.4 Å². The minimum atomic E-state index is -0.330. The predicted octanol–water partition coefficient (Wildman–Crippen LogP) is 3.58. The number of halogens is 1. The van der Waals surface area contributed by atoms with Gasteiger partial charge in [0.25, 0.3) is 5.91 Å². The number of aromatic nitrogens is 2. The van der Waals surface area contributed by atoms with Gasteiger partial charge in [-0.25, -0.2) is 14.4 Å². The fourth-order valence-corrected chi connectivity index (χ4v) is 4.06. The molecule has 0 aliphatic carbocycles. The van der Waals surface area contributed by atoms with Gasteiger partial charge in [0.1, 0.15) is 11.6 Å². The molecule has 0 bridgehead atoms. The summed E-state index contributed by atoms with van der Waals surface area (Å²) in [5.41, 5.74) is 0.913. The largest absolute Gasteiger partial charge is 0.447 e. The van der Waals surface area contributed by atoms with Crippen molar-refractivity contribution >= 4 is 22.4 Å². The maximum Gasteiger partial charge on any atom is 0.279 e. The third-order valence-electron chi connectivity index (χ3n) is 4.62. The van der Waals surface area contributed by atoms with Crippen molar-refractivity contribution in [2.45, 2.75) is 25.2 Å². The molecule has 0 unspecified atom stereocenters. The van der Waals surface area contributed by atoms with Gasteiger partial charge in [0, 0.05) is 23.4 Å². The molecule has 4 rings (SSSR count). The first-order valence-electron chi connectivity index (χ1n) is 8.84. The van der Waals surface area contributed by atoms with Crippen molar-refractivity contribution in [3.05, 3.63) is 64.6 Å². The lowest BCUT2D eigenvalue weighted by Gasteiger charge is -2.20. The van der Waals surface area contributed by atoms with Crippen molar-refractivity contribution in [1.29, 1.82) is 0 Å². The number of oxazole rings is 1. The number of benzene rings is 1. The molecule has 1 aliphatic rings. The third kappa shape index (κ3) is 4.06. The lowest BCUT2D eigenvalue weighted by Crippen LogP contribution is -2.27. The molecule has 0 spiro atoms. The number of carbonyl (C=O) groups excluding carboxylic acids is 1. The highest BCUT2D eigenvalue weighted by Gasteiger charge is 2.26. The zero-order chi connectivity index (χ0) is 18.6. The van der Waals surface area contributed by atoms with Crippen molar-refractivity contribution in [3.8, 4) is 0 Å². The first-order valence-corrected chi connectivity index (χ1v) is 9.66. The zero-order valence-corrected chi connectivity index (χ0v) is 15.4. The fraction of sp³-hybridized carbons (Fsp3) is 0.316. The molecular weight excluding hydrogens is 367 g/mol. The van der Waals surface area contributed by atoms with E-state index in [9.17, 15) is 9.18 Å². The molecule has 0 radical (unpaired) electrons. The van der Waals surface area contributed by atoms with Crippen molar-refractivity contribution in [2.75, 3.05) is 18.4 Å². The summed E-state index contributed by atoms with van der Waals surface area (Å²) in [5, 5.41) is 6.54. The lowest BCUT2D eigenvalue weighted by atomic mass is 9.94. The summed E-state index contributed by atoms with van der Waals surface area (Å²) in [4.78, 5) is 21.8. The van der Waals surface area contributed by atoms with Crippen LogP contribution < -0.4 is 10.6 Å². The molecular formula is C19H19FN4O2S. The Morgan fingerprint density at radius 1 is 1.30 bits per heavy atom. The van der Waals surface area contributed by atoms with Crippen LogP contribution in [-0.4, -0.2) is 29.0 Å². The second-order valence-corrected chi connectivity index (χ2v) is 7.56. The first kappa shape index (κ1) is 17.8. The molecule has 1 saturated heterocycles. The van der Waals surface area contributed by atoms with Crippen molar-refractivity contribution in [3.63, 3.8) is 0 Å². The molecule has 1 aromatic carbocycles. The van der Waals surface area contributed by atoms with Crippen LogP contribution in [0.25, 0.3) is 0 Å². The van der Waals surface area contributed by atoms with Crippen molar-refractivity contribution < 1.29 is 13.6 Å². The Bertz CT molecular complexity index is 933. The van der Waals surface area contributed by atoms with Crippen LogP contribution in [0.3, 0.4) is 0 Å². The lowest BCUT2D eigenvalue weighted by molar-refractivity contribution is 0.102. The Labute approximate surface area is 159 Å². The molecule has 1 fully saturated rings. The van der Waals surface area contributed by atoms with E-state index >= 15 is 0 Å². The number of amides is 1. The van der Waals surface area contributed by atoms with E-state index in [1.165, 1.54) is 23.8 Å². The quantitative estimate of drug-likeness (QED) is 0.701. The molecule has 0 atom stereocenters. The Hall–Kier alpha value is -2.58. The Morgan fingerprint density at radius 2 is 2.11 bits per heavy atom. The van der Waals surface area contributed by atoms with E-state index in [2.05, 4.69) is 20.6 Å². The average Bonchev–Trinajstić information content (AvgIpc) is 3.34. The summed E-state index contributed by atoms with van der Waals surface area (Å²) < 4.78 is 19.3. The number of piperidine rings is 1. The van der Waals surface area contributed by atoms with E-state index in [1.807, 2.05) is 0 Å². The van der Waals surface area contributed by atoms with Crippen LogP contribution >= 0.6 is 11.3 Å². The summed E-state index contributed by atoms with van der Waals surface area (Å²) in [5.74, 6) is 0.259. The number of nitrogens with one attached hydrogen (secondary N) is 2. The Kier molecular flexibility index (Phi) is 5.26. The Morgan fingerprint density at radius 3 is 2.93 bits per heavy atom. The number of rotatable bonds is 5. The van der Waals surface area contributed by atoms with Gasteiger partial charge in [-0.05, 0) is 37.6 Å². The van der Waals surface area contributed by atoms with Crippen LogP contribution in [0.5, 0.6) is 0 Å². The van der Waals surface area contributed by atoms with E-state index in [4.69, 9.17) is 4.42 Å². The predicted molar refractivity (Wildman–Crippen MR) is 101 cm³/mol. The van der Waals surface area contributed by atoms with E-state index < -0.39 is 0 Å². The molecule has 140 valence electrons. The van der Waals surface area contributed by atoms with Crippen LogP contribution in [0, 0.1) is 5.82 Å². The van der Waals surface area contributed by atoms with Crippen LogP contribution in [0.2, 0.25) is 0 Å². The van der Waals surface area contributed by atoms with Gasteiger partial charge in [0.05, 0.1) is 0 Å². The standard InChI is InChI=1S/C19H19FN4O2S/c20-15-4-2-1-3-13(15)9-14-10-22-19(27-14)24-18(25)16-17(26-11-23-16)12-5-7-21-8-6-12/h1-4,10-12,21H,5-9H2,(H,22,24,25). The van der Waals surface area contributed by atoms with Crippen LogP contribution in [0.4, 0.5) is 9.52 Å². The minimum absolute atomic E-state index is 0.197. The Balaban J connectivity index is 1.44. The van der Waals surface area contributed by atoms with Gasteiger partial charge < -0.3 is 9.73 Å². The maximum atomic E-state index is 13.8. The maximum absolute atomic E-state index is 13.8. The molecule has 2 N–H and O–H groups in total. The summed E-state index contributed by atoms with van der Waals surface area (Å²) in [6, 6.07) is 6.64. The zero-order valence-electron chi connectivity index (χ0n) is 14.6. The van der Waals surface area contributed by atoms with Gasteiger partial charge in [-0.1, -0.05) is 18.2 Å². The van der Waals surface area contributed by atoms with Gasteiger partial charge >= 0.3 is 0 Å². The van der Waals surface area contributed by atoms with Gasteiger partial charge in [-0.3, -0.25) is 10.1 Å². The third-order valence-corrected chi connectivity index (χ3v) is 5.53. The fourth-order valence-electron chi connectivity index (χ4n) is 3.23. The summed E-state index contributed by atoms with van der Waals surface area (Å²) >= 11 is 1.33. The number of hydrogen-bond donors (Lipinski definition) is 2. The number of anilines is 1. The summed E-state index contributed by atoms with van der Waals surface area (Å²) in [6.45, 7) is 1.80. The normalized spacial score (nSPS) is 15.0. The van der Waals surface area contributed by atoms with E-state index in [0.717, 1.165) is 30.8 Å². The minimum Gasteiger partial charge on any atom is -0.447 e. The molecule has 3 aromatic rings. The highest BCUT2D eigenvalue weighted by Crippen LogP contribution is 2.29. The van der Waals surface area contributed by atoms with E-state index in [1.54, 1.807) is 24.4 Å². The number of carbonyl (C=O) groups is 1. The van der Waals surface area contributed by atoms with Crippen molar-refractivity contribution in [2.24, 2.45) is 0 Å². The second kappa shape index (κ2) is 7.98. The monoisotopic (exact) mass is 386 g/mol. The smallest absolute Gasteiger partial charge is 0.279 e. The summed E-state index contributed by atoms with van der Waals surface area (Å²) in [6.07, 6.45) is 5.24. The average molecular weight is 386 g/mol. The topological polar surface area (TPSA) is 80.1 Å². The molecule has 1 amide bonds. The number of nitrogens with zero attached hydrogens (tertiary/aromatic N) is 2. The second-order valence-electron chi connectivity index (χ2n) is 6.44. The SMILES string of the molecule is O=C(Nc1ncc(Cc2ccccc2F)s1)c1ncoc1C1CCNCC1. The first-order chi connectivity index (χ1) is 13.2. The van der Waals surface area contributed by atoms with Crippen LogP contribution in [-0.2, 0) is 6.42 Å².